The van der Waals surface area contributed by atoms with E-state index >= 15 is 0 Å². The van der Waals surface area contributed by atoms with E-state index in [9.17, 15) is 27.7 Å². The van der Waals surface area contributed by atoms with Crippen LogP contribution >= 0.6 is 0 Å². The Labute approximate surface area is 164 Å². The van der Waals surface area contributed by atoms with Crippen molar-refractivity contribution >= 4 is 21.2 Å². The van der Waals surface area contributed by atoms with E-state index in [0.717, 1.165) is 51.4 Å². The molecule has 2 atom stereocenters. The summed E-state index contributed by atoms with van der Waals surface area (Å²) in [7, 11) is -4.96. The summed E-state index contributed by atoms with van der Waals surface area (Å²) >= 11 is 0. The molecule has 0 aromatic heterocycles. The normalized spacial score (nSPS) is 16.5. The first-order valence-corrected chi connectivity index (χ1v) is 11.7. The summed E-state index contributed by atoms with van der Waals surface area (Å²) in [5, 5.41) is 8.14. The molecule has 0 aliphatic heterocycles. The number of hydrogen-bond acceptors (Lipinski definition) is 4. The van der Waals surface area contributed by atoms with Crippen LogP contribution in [0.25, 0.3) is 0 Å². The molecule has 0 amide bonds. The molecule has 7 heteroatoms. The average Bonchev–Trinajstić information content (AvgIpc) is 2.59. The highest BCUT2D eigenvalue weighted by atomic mass is 32.2. The molecule has 27 heavy (non-hydrogen) atoms. The molecular weight excluding hydrogens is 368 g/mol. The molecule has 0 spiro atoms. The minimum Gasteiger partial charge on any atom is -0.481 e. The van der Waals surface area contributed by atoms with Crippen molar-refractivity contribution in [2.24, 2.45) is 17.3 Å². The first-order valence-electron chi connectivity index (χ1n) is 10.3. The van der Waals surface area contributed by atoms with E-state index in [1.54, 1.807) is 0 Å². The highest BCUT2D eigenvalue weighted by Gasteiger charge is 2.48. The van der Waals surface area contributed by atoms with Crippen LogP contribution in [0, 0.1) is 17.3 Å². The van der Waals surface area contributed by atoms with Gasteiger partial charge in [-0.1, -0.05) is 79.1 Å². The number of carboxylic acids is 1. The lowest BCUT2D eigenvalue weighted by Gasteiger charge is -2.36. The van der Waals surface area contributed by atoms with Crippen LogP contribution < -0.4 is 0 Å². The maximum absolute atomic E-state index is 12.8. The SMILES string of the molecule is CCCCC(CC)CC(CC(=O)O)(CC(CC)CCCC)C(=O)S(=O)(=O)O. The van der Waals surface area contributed by atoms with Gasteiger partial charge < -0.3 is 5.11 Å². The molecule has 0 radical (unpaired) electrons. The van der Waals surface area contributed by atoms with E-state index < -0.39 is 33.0 Å². The van der Waals surface area contributed by atoms with Gasteiger partial charge in [-0.2, -0.15) is 8.42 Å². The minimum absolute atomic E-state index is 0.0543. The van der Waals surface area contributed by atoms with E-state index in [1.807, 2.05) is 13.8 Å². The molecule has 0 aliphatic rings. The van der Waals surface area contributed by atoms with Crippen LogP contribution in [0.15, 0.2) is 0 Å². The topological polar surface area (TPSA) is 109 Å². The monoisotopic (exact) mass is 406 g/mol. The Morgan fingerprint density at radius 1 is 0.889 bits per heavy atom. The van der Waals surface area contributed by atoms with Crippen molar-refractivity contribution in [1.29, 1.82) is 0 Å². The van der Waals surface area contributed by atoms with Crippen LogP contribution in [0.5, 0.6) is 0 Å². The maximum atomic E-state index is 12.8. The molecule has 0 saturated heterocycles. The third kappa shape index (κ3) is 9.19. The fraction of sp³-hybridized carbons (Fsp3) is 0.900. The number of carboxylic acid groups (broad SMARTS) is 1. The Morgan fingerprint density at radius 2 is 1.30 bits per heavy atom. The Balaban J connectivity index is 5.99. The first-order chi connectivity index (χ1) is 12.6. The van der Waals surface area contributed by atoms with Crippen LogP contribution in [0.2, 0.25) is 0 Å². The van der Waals surface area contributed by atoms with Crippen molar-refractivity contribution in [3.63, 3.8) is 0 Å². The summed E-state index contributed by atoms with van der Waals surface area (Å²) in [6, 6.07) is 0. The van der Waals surface area contributed by atoms with E-state index in [2.05, 4.69) is 13.8 Å². The van der Waals surface area contributed by atoms with Crippen LogP contribution in [-0.2, 0) is 19.7 Å². The number of unbranched alkanes of at least 4 members (excludes halogenated alkanes) is 2. The molecule has 0 aliphatic carbocycles. The second kappa shape index (κ2) is 12.5. The van der Waals surface area contributed by atoms with Crippen molar-refractivity contribution in [3.8, 4) is 0 Å². The maximum Gasteiger partial charge on any atom is 0.329 e. The van der Waals surface area contributed by atoms with Crippen LogP contribution in [0.1, 0.15) is 98.3 Å². The molecule has 0 saturated carbocycles. The second-order valence-electron chi connectivity index (χ2n) is 7.85. The van der Waals surface area contributed by atoms with Gasteiger partial charge in [0, 0.05) is 0 Å². The Kier molecular flexibility index (Phi) is 12.1. The van der Waals surface area contributed by atoms with Crippen LogP contribution in [0.4, 0.5) is 0 Å². The van der Waals surface area contributed by atoms with Gasteiger partial charge in [0.15, 0.2) is 0 Å². The van der Waals surface area contributed by atoms with Crippen molar-refractivity contribution in [3.05, 3.63) is 0 Å². The molecule has 6 nitrogen and oxygen atoms in total. The van der Waals surface area contributed by atoms with E-state index in [0.29, 0.717) is 0 Å². The predicted molar refractivity (Wildman–Crippen MR) is 107 cm³/mol. The van der Waals surface area contributed by atoms with Gasteiger partial charge in [0.1, 0.15) is 0 Å². The van der Waals surface area contributed by atoms with E-state index in [-0.39, 0.29) is 24.7 Å². The van der Waals surface area contributed by atoms with Gasteiger partial charge in [0.25, 0.3) is 5.12 Å². The zero-order valence-corrected chi connectivity index (χ0v) is 18.2. The molecule has 0 aromatic carbocycles. The molecular formula is C20H38O6S. The number of rotatable bonds is 15. The summed E-state index contributed by atoms with van der Waals surface area (Å²) in [5.41, 5.74) is -1.57. The lowest BCUT2D eigenvalue weighted by molar-refractivity contribution is -0.144. The molecule has 0 rings (SSSR count). The molecule has 0 aromatic rings. The number of carbonyl (C=O) groups is 2. The van der Waals surface area contributed by atoms with Crippen molar-refractivity contribution in [1.82, 2.24) is 0 Å². The highest BCUT2D eigenvalue weighted by molar-refractivity contribution is 8.01. The van der Waals surface area contributed by atoms with Crippen molar-refractivity contribution < 1.29 is 27.7 Å². The fourth-order valence-electron chi connectivity index (χ4n) is 4.02. The molecule has 2 N–H and O–H groups in total. The van der Waals surface area contributed by atoms with Crippen LogP contribution in [0.3, 0.4) is 0 Å². The van der Waals surface area contributed by atoms with Gasteiger partial charge in [-0.05, 0) is 24.7 Å². The number of hydrogen-bond donors (Lipinski definition) is 2. The number of aliphatic carboxylic acids is 1. The second-order valence-corrected chi connectivity index (χ2v) is 9.18. The fourth-order valence-corrected chi connectivity index (χ4v) is 4.81. The molecule has 2 unspecified atom stereocenters. The lowest BCUT2D eigenvalue weighted by atomic mass is 9.69. The third-order valence-electron chi connectivity index (χ3n) is 5.60. The minimum atomic E-state index is -4.96. The van der Waals surface area contributed by atoms with E-state index in [4.69, 9.17) is 0 Å². The summed E-state index contributed by atoms with van der Waals surface area (Å²) in [5.74, 6) is -1.10. The van der Waals surface area contributed by atoms with Gasteiger partial charge in [-0.3, -0.25) is 14.1 Å². The summed E-state index contributed by atoms with van der Waals surface area (Å²) < 4.78 is 33.0. The standard InChI is InChI=1S/C20H38O6S/c1-5-9-11-16(7-3)13-20(15-18(21)22,19(23)27(24,25)26)14-17(8-4)12-10-6-2/h16-17H,5-15H2,1-4H3,(H,21,22)(H,24,25,26). The van der Waals surface area contributed by atoms with Gasteiger partial charge in [-0.25, -0.2) is 0 Å². The molecule has 0 fully saturated rings. The van der Waals surface area contributed by atoms with Crippen molar-refractivity contribution in [2.75, 3.05) is 0 Å². The van der Waals surface area contributed by atoms with E-state index in [1.165, 1.54) is 0 Å². The number of carbonyl (C=O) groups excluding carboxylic acids is 1. The van der Waals surface area contributed by atoms with Gasteiger partial charge in [0.2, 0.25) is 0 Å². The Morgan fingerprint density at radius 3 is 1.56 bits per heavy atom. The van der Waals surface area contributed by atoms with Gasteiger partial charge in [-0.15, -0.1) is 0 Å². The van der Waals surface area contributed by atoms with Gasteiger partial charge in [0.05, 0.1) is 11.8 Å². The predicted octanol–water partition coefficient (Wildman–Crippen LogP) is 5.07. The van der Waals surface area contributed by atoms with Gasteiger partial charge >= 0.3 is 16.1 Å². The smallest absolute Gasteiger partial charge is 0.329 e. The summed E-state index contributed by atoms with van der Waals surface area (Å²) in [6.45, 7) is 8.05. The van der Waals surface area contributed by atoms with Crippen LogP contribution in [-0.4, -0.2) is 29.2 Å². The van der Waals surface area contributed by atoms with Crippen molar-refractivity contribution in [2.45, 2.75) is 98.3 Å². The summed E-state index contributed by atoms with van der Waals surface area (Å²) in [4.78, 5) is 24.4. The average molecular weight is 407 g/mol. The first kappa shape index (κ1) is 26.1. The lowest BCUT2D eigenvalue weighted by Crippen LogP contribution is -2.41. The molecule has 0 heterocycles. The quantitative estimate of drug-likeness (QED) is 0.367. The zero-order valence-electron chi connectivity index (χ0n) is 17.4. The molecule has 0 bridgehead atoms. The molecule has 160 valence electrons. The largest absolute Gasteiger partial charge is 0.481 e. The third-order valence-corrected chi connectivity index (χ3v) is 6.50. The Bertz CT molecular complexity index is 537. The Hall–Kier alpha value is -0.950. The summed E-state index contributed by atoms with van der Waals surface area (Å²) in [6.07, 6.45) is 6.77. The highest BCUT2D eigenvalue weighted by Crippen LogP contribution is 2.43. The zero-order chi connectivity index (χ0) is 21.1.